The van der Waals surface area contributed by atoms with Crippen molar-refractivity contribution in [2.24, 2.45) is 0 Å². The van der Waals surface area contributed by atoms with E-state index in [0.29, 0.717) is 5.56 Å². The summed E-state index contributed by atoms with van der Waals surface area (Å²) in [5.41, 5.74) is 0.402. The lowest BCUT2D eigenvalue weighted by Gasteiger charge is -2.13. The highest BCUT2D eigenvalue weighted by Crippen LogP contribution is 2.29. The standard InChI is InChI=1S/C11H11F3O2/c12-11(13,14)7-6-9(10(15)16)8-4-2-1-3-5-8/h1-5,9H,6-7H2,(H,15,16). The van der Waals surface area contributed by atoms with Crippen molar-refractivity contribution >= 4 is 5.97 Å². The van der Waals surface area contributed by atoms with Crippen LogP contribution in [-0.2, 0) is 4.79 Å². The molecule has 0 aliphatic carbocycles. The van der Waals surface area contributed by atoms with E-state index in [2.05, 4.69) is 0 Å². The van der Waals surface area contributed by atoms with E-state index in [1.807, 2.05) is 0 Å². The second-order valence-electron chi connectivity index (χ2n) is 3.46. The molecule has 0 aliphatic heterocycles. The highest BCUT2D eigenvalue weighted by molar-refractivity contribution is 5.75. The van der Waals surface area contributed by atoms with Crippen LogP contribution >= 0.6 is 0 Å². The molecule has 2 nitrogen and oxygen atoms in total. The minimum atomic E-state index is -4.32. The van der Waals surface area contributed by atoms with Gasteiger partial charge >= 0.3 is 12.1 Å². The van der Waals surface area contributed by atoms with Crippen molar-refractivity contribution in [3.63, 3.8) is 0 Å². The number of alkyl halides is 3. The number of benzene rings is 1. The molecule has 0 amide bonds. The van der Waals surface area contributed by atoms with Gasteiger partial charge in [0.1, 0.15) is 0 Å². The van der Waals surface area contributed by atoms with Gasteiger partial charge in [0, 0.05) is 6.42 Å². The Morgan fingerprint density at radius 3 is 2.25 bits per heavy atom. The Kier molecular flexibility index (Phi) is 3.93. The molecule has 1 N–H and O–H groups in total. The quantitative estimate of drug-likeness (QED) is 0.865. The van der Waals surface area contributed by atoms with Gasteiger partial charge < -0.3 is 5.11 Å². The van der Waals surface area contributed by atoms with E-state index in [0.717, 1.165) is 0 Å². The normalized spacial score (nSPS) is 13.4. The Labute approximate surface area is 90.7 Å². The highest BCUT2D eigenvalue weighted by Gasteiger charge is 2.30. The van der Waals surface area contributed by atoms with Gasteiger partial charge in [-0.1, -0.05) is 30.3 Å². The van der Waals surface area contributed by atoms with Crippen molar-refractivity contribution in [1.29, 1.82) is 0 Å². The van der Waals surface area contributed by atoms with Crippen LogP contribution in [0.4, 0.5) is 13.2 Å². The summed E-state index contributed by atoms with van der Waals surface area (Å²) in [4.78, 5) is 10.8. The Balaban J connectivity index is 2.74. The maximum atomic E-state index is 12.0. The zero-order valence-corrected chi connectivity index (χ0v) is 8.37. The molecule has 1 unspecified atom stereocenters. The molecule has 5 heteroatoms. The van der Waals surface area contributed by atoms with Crippen molar-refractivity contribution < 1.29 is 23.1 Å². The van der Waals surface area contributed by atoms with E-state index in [1.54, 1.807) is 18.2 Å². The first-order chi connectivity index (χ1) is 7.40. The molecule has 1 aromatic rings. The van der Waals surface area contributed by atoms with Crippen LogP contribution in [-0.4, -0.2) is 17.3 Å². The fourth-order valence-corrected chi connectivity index (χ4v) is 1.43. The van der Waals surface area contributed by atoms with Crippen LogP contribution < -0.4 is 0 Å². The van der Waals surface area contributed by atoms with E-state index in [-0.39, 0.29) is 0 Å². The van der Waals surface area contributed by atoms with Crippen molar-refractivity contribution in [3.8, 4) is 0 Å². The summed E-state index contributed by atoms with van der Waals surface area (Å²) in [5, 5.41) is 8.86. The molecule has 0 spiro atoms. The van der Waals surface area contributed by atoms with Gasteiger partial charge in [0.15, 0.2) is 0 Å². The molecule has 0 aromatic heterocycles. The number of aliphatic carboxylic acids is 1. The SMILES string of the molecule is O=C(O)C(CCC(F)(F)F)c1ccccc1. The zero-order chi connectivity index (χ0) is 12.2. The average Bonchev–Trinajstić information content (AvgIpc) is 2.17. The van der Waals surface area contributed by atoms with Crippen molar-refractivity contribution in [1.82, 2.24) is 0 Å². The van der Waals surface area contributed by atoms with Gasteiger partial charge in [-0.3, -0.25) is 4.79 Å². The third-order valence-electron chi connectivity index (χ3n) is 2.22. The summed E-state index contributed by atoms with van der Waals surface area (Å²) < 4.78 is 36.0. The van der Waals surface area contributed by atoms with Crippen LogP contribution in [0.25, 0.3) is 0 Å². The van der Waals surface area contributed by atoms with E-state index in [1.165, 1.54) is 12.1 Å². The number of hydrogen-bond acceptors (Lipinski definition) is 1. The Hall–Kier alpha value is -1.52. The minimum absolute atomic E-state index is 0.402. The second kappa shape index (κ2) is 5.01. The van der Waals surface area contributed by atoms with Crippen LogP contribution in [0.2, 0.25) is 0 Å². The molecule has 0 aliphatic rings. The first-order valence-corrected chi connectivity index (χ1v) is 4.74. The maximum Gasteiger partial charge on any atom is 0.389 e. The fraction of sp³-hybridized carbons (Fsp3) is 0.364. The molecule has 1 aromatic carbocycles. The summed E-state index contributed by atoms with van der Waals surface area (Å²) in [7, 11) is 0. The topological polar surface area (TPSA) is 37.3 Å². The lowest BCUT2D eigenvalue weighted by molar-refractivity contribution is -0.145. The third kappa shape index (κ3) is 3.92. The average molecular weight is 232 g/mol. The molecular formula is C11H11F3O2. The lowest BCUT2D eigenvalue weighted by atomic mass is 9.94. The monoisotopic (exact) mass is 232 g/mol. The van der Waals surface area contributed by atoms with Crippen molar-refractivity contribution in [2.75, 3.05) is 0 Å². The van der Waals surface area contributed by atoms with E-state index >= 15 is 0 Å². The van der Waals surface area contributed by atoms with Crippen LogP contribution in [0.15, 0.2) is 30.3 Å². The number of halogens is 3. The number of carboxylic acid groups (broad SMARTS) is 1. The number of carboxylic acids is 1. The van der Waals surface area contributed by atoms with Crippen LogP contribution in [0.1, 0.15) is 24.3 Å². The summed E-state index contributed by atoms with van der Waals surface area (Å²) in [6.07, 6.45) is -5.83. The first-order valence-electron chi connectivity index (χ1n) is 4.74. The molecular weight excluding hydrogens is 221 g/mol. The number of hydrogen-bond donors (Lipinski definition) is 1. The summed E-state index contributed by atoms with van der Waals surface area (Å²) in [6.45, 7) is 0. The van der Waals surface area contributed by atoms with Gasteiger partial charge in [-0.15, -0.1) is 0 Å². The van der Waals surface area contributed by atoms with Gasteiger partial charge in [0.25, 0.3) is 0 Å². The predicted octanol–water partition coefficient (Wildman–Crippen LogP) is 3.20. The summed E-state index contributed by atoms with van der Waals surface area (Å²) in [6, 6.07) is 7.95. The van der Waals surface area contributed by atoms with Gasteiger partial charge in [-0.05, 0) is 12.0 Å². The van der Waals surface area contributed by atoms with Gasteiger partial charge in [-0.25, -0.2) is 0 Å². The Morgan fingerprint density at radius 1 is 1.25 bits per heavy atom. The van der Waals surface area contributed by atoms with Crippen LogP contribution in [0.5, 0.6) is 0 Å². The molecule has 0 radical (unpaired) electrons. The largest absolute Gasteiger partial charge is 0.481 e. The first kappa shape index (κ1) is 12.5. The Bertz CT molecular complexity index is 346. The highest BCUT2D eigenvalue weighted by atomic mass is 19.4. The van der Waals surface area contributed by atoms with E-state index < -0.39 is 30.9 Å². The minimum Gasteiger partial charge on any atom is -0.481 e. The zero-order valence-electron chi connectivity index (χ0n) is 8.37. The van der Waals surface area contributed by atoms with Gasteiger partial charge in [0.05, 0.1) is 5.92 Å². The number of carbonyl (C=O) groups is 1. The smallest absolute Gasteiger partial charge is 0.389 e. The van der Waals surface area contributed by atoms with Crippen LogP contribution in [0.3, 0.4) is 0 Å². The summed E-state index contributed by atoms with van der Waals surface area (Å²) in [5.74, 6) is -2.32. The van der Waals surface area contributed by atoms with E-state index in [4.69, 9.17) is 5.11 Å². The molecule has 1 atom stereocenters. The number of rotatable bonds is 4. The van der Waals surface area contributed by atoms with Crippen LogP contribution in [0, 0.1) is 0 Å². The summed E-state index contributed by atoms with van der Waals surface area (Å²) >= 11 is 0. The van der Waals surface area contributed by atoms with Crippen molar-refractivity contribution in [2.45, 2.75) is 24.9 Å². The Morgan fingerprint density at radius 2 is 1.81 bits per heavy atom. The van der Waals surface area contributed by atoms with Crippen molar-refractivity contribution in [3.05, 3.63) is 35.9 Å². The second-order valence-corrected chi connectivity index (χ2v) is 3.46. The molecule has 0 heterocycles. The predicted molar refractivity (Wildman–Crippen MR) is 52.1 cm³/mol. The molecule has 88 valence electrons. The van der Waals surface area contributed by atoms with Gasteiger partial charge in [0.2, 0.25) is 0 Å². The lowest BCUT2D eigenvalue weighted by Crippen LogP contribution is -2.16. The molecule has 16 heavy (non-hydrogen) atoms. The van der Waals surface area contributed by atoms with Gasteiger partial charge in [-0.2, -0.15) is 13.2 Å². The molecule has 0 saturated heterocycles. The maximum absolute atomic E-state index is 12.0. The molecule has 1 rings (SSSR count). The molecule has 0 saturated carbocycles. The molecule has 0 fully saturated rings. The molecule has 0 bridgehead atoms. The third-order valence-corrected chi connectivity index (χ3v) is 2.22. The van der Waals surface area contributed by atoms with E-state index in [9.17, 15) is 18.0 Å². The fourth-order valence-electron chi connectivity index (χ4n) is 1.43.